The Morgan fingerprint density at radius 1 is 1.33 bits per heavy atom. The van der Waals surface area contributed by atoms with Gasteiger partial charge < -0.3 is 9.84 Å². The van der Waals surface area contributed by atoms with Crippen LogP contribution in [0.25, 0.3) is 0 Å². The summed E-state index contributed by atoms with van der Waals surface area (Å²) in [5.41, 5.74) is 0.864. The molecular weight excluding hydrogens is 235 g/mol. The summed E-state index contributed by atoms with van der Waals surface area (Å²) in [7, 11) is 0. The fourth-order valence-corrected chi connectivity index (χ4v) is 2.18. The number of aliphatic hydroxyl groups excluding tert-OH is 1. The lowest BCUT2D eigenvalue weighted by atomic mass is 9.99. The summed E-state index contributed by atoms with van der Waals surface area (Å²) in [5, 5.41) is 10.8. The van der Waals surface area contributed by atoms with Crippen molar-refractivity contribution in [1.29, 1.82) is 0 Å². The van der Waals surface area contributed by atoms with E-state index in [9.17, 15) is 5.11 Å². The number of hydrogen-bond donors (Lipinski definition) is 1. The molecule has 1 aliphatic heterocycles. The first-order chi connectivity index (χ1) is 7.16. The first-order valence-corrected chi connectivity index (χ1v) is 5.67. The first-order valence-electron chi connectivity index (χ1n) is 4.91. The van der Waals surface area contributed by atoms with Gasteiger partial charge >= 0.3 is 0 Å². The van der Waals surface area contributed by atoms with Crippen molar-refractivity contribution in [3.05, 3.63) is 33.8 Å². The first kappa shape index (κ1) is 11.2. The van der Waals surface area contributed by atoms with Gasteiger partial charge in [0.1, 0.15) is 0 Å². The normalized spacial score (nSPS) is 26.6. The lowest BCUT2D eigenvalue weighted by Crippen LogP contribution is -2.23. The predicted molar refractivity (Wildman–Crippen MR) is 60.4 cm³/mol. The van der Waals surface area contributed by atoms with E-state index in [1.54, 1.807) is 18.2 Å². The van der Waals surface area contributed by atoms with Gasteiger partial charge in [0.05, 0.1) is 12.2 Å². The van der Waals surface area contributed by atoms with Gasteiger partial charge in [0, 0.05) is 28.6 Å². The Kier molecular flexibility index (Phi) is 3.52. The SMILES string of the molecule is OC1CCOC(c2cc(Cl)ccc2Cl)C1. The Morgan fingerprint density at radius 3 is 2.87 bits per heavy atom. The monoisotopic (exact) mass is 246 g/mol. The maximum atomic E-state index is 9.55. The van der Waals surface area contributed by atoms with Crippen molar-refractivity contribution < 1.29 is 9.84 Å². The molecule has 0 bridgehead atoms. The number of aliphatic hydroxyl groups is 1. The summed E-state index contributed by atoms with van der Waals surface area (Å²) >= 11 is 12.0. The molecule has 2 rings (SSSR count). The van der Waals surface area contributed by atoms with E-state index in [0.29, 0.717) is 29.5 Å². The van der Waals surface area contributed by atoms with E-state index in [1.165, 1.54) is 0 Å². The molecule has 4 heteroatoms. The van der Waals surface area contributed by atoms with Crippen LogP contribution in [0, 0.1) is 0 Å². The smallest absolute Gasteiger partial charge is 0.0864 e. The van der Waals surface area contributed by atoms with E-state index >= 15 is 0 Å². The number of benzene rings is 1. The second-order valence-electron chi connectivity index (χ2n) is 3.70. The summed E-state index contributed by atoms with van der Waals surface area (Å²) in [6.45, 7) is 0.564. The summed E-state index contributed by atoms with van der Waals surface area (Å²) in [6.07, 6.45) is 0.827. The van der Waals surface area contributed by atoms with E-state index in [0.717, 1.165) is 5.56 Å². The molecule has 0 amide bonds. The van der Waals surface area contributed by atoms with Crippen LogP contribution in [0.3, 0.4) is 0 Å². The van der Waals surface area contributed by atoms with Gasteiger partial charge in [0.2, 0.25) is 0 Å². The zero-order valence-corrected chi connectivity index (χ0v) is 9.63. The van der Waals surface area contributed by atoms with Crippen LogP contribution in [-0.2, 0) is 4.74 Å². The van der Waals surface area contributed by atoms with Gasteiger partial charge in [0.25, 0.3) is 0 Å². The third-order valence-corrected chi connectivity index (χ3v) is 3.14. The summed E-state index contributed by atoms with van der Waals surface area (Å²) < 4.78 is 5.57. The second-order valence-corrected chi connectivity index (χ2v) is 4.55. The van der Waals surface area contributed by atoms with Crippen LogP contribution in [0.4, 0.5) is 0 Å². The summed E-state index contributed by atoms with van der Waals surface area (Å²) in [4.78, 5) is 0. The Labute approximate surface area is 98.8 Å². The molecular formula is C11H12Cl2O2. The fourth-order valence-electron chi connectivity index (χ4n) is 1.76. The second kappa shape index (κ2) is 4.71. The van der Waals surface area contributed by atoms with Crippen LogP contribution in [0.15, 0.2) is 18.2 Å². The zero-order chi connectivity index (χ0) is 10.8. The molecule has 1 heterocycles. The Morgan fingerprint density at radius 2 is 2.13 bits per heavy atom. The molecule has 2 nitrogen and oxygen atoms in total. The van der Waals surface area contributed by atoms with Crippen LogP contribution in [0.1, 0.15) is 24.5 Å². The molecule has 15 heavy (non-hydrogen) atoms. The van der Waals surface area contributed by atoms with Gasteiger partial charge in [-0.15, -0.1) is 0 Å². The van der Waals surface area contributed by atoms with Gasteiger partial charge in [-0.1, -0.05) is 23.2 Å². The van der Waals surface area contributed by atoms with Crippen molar-refractivity contribution >= 4 is 23.2 Å². The minimum atomic E-state index is -0.307. The van der Waals surface area contributed by atoms with Gasteiger partial charge in [-0.25, -0.2) is 0 Å². The fraction of sp³-hybridized carbons (Fsp3) is 0.455. The topological polar surface area (TPSA) is 29.5 Å². The average Bonchev–Trinajstić information content (AvgIpc) is 2.22. The molecule has 1 fully saturated rings. The average molecular weight is 247 g/mol. The van der Waals surface area contributed by atoms with Gasteiger partial charge in [-0.3, -0.25) is 0 Å². The van der Waals surface area contributed by atoms with E-state index in [2.05, 4.69) is 0 Å². The minimum absolute atomic E-state index is 0.139. The maximum Gasteiger partial charge on any atom is 0.0864 e. The number of halogens is 2. The Balaban J connectivity index is 2.24. The quantitative estimate of drug-likeness (QED) is 0.825. The van der Waals surface area contributed by atoms with Crippen molar-refractivity contribution in [3.8, 4) is 0 Å². The zero-order valence-electron chi connectivity index (χ0n) is 8.12. The molecule has 1 aromatic carbocycles. The number of rotatable bonds is 1. The van der Waals surface area contributed by atoms with Crippen molar-refractivity contribution in [2.75, 3.05) is 6.61 Å². The van der Waals surface area contributed by atoms with E-state index in [4.69, 9.17) is 27.9 Å². The number of hydrogen-bond acceptors (Lipinski definition) is 2. The highest BCUT2D eigenvalue weighted by Crippen LogP contribution is 2.34. The van der Waals surface area contributed by atoms with Crippen LogP contribution < -0.4 is 0 Å². The van der Waals surface area contributed by atoms with Gasteiger partial charge in [-0.2, -0.15) is 0 Å². The largest absolute Gasteiger partial charge is 0.393 e. The van der Waals surface area contributed by atoms with E-state index in [-0.39, 0.29) is 12.2 Å². The van der Waals surface area contributed by atoms with Crippen molar-refractivity contribution in [1.82, 2.24) is 0 Å². The highest BCUT2D eigenvalue weighted by atomic mass is 35.5. The van der Waals surface area contributed by atoms with Crippen molar-refractivity contribution in [2.45, 2.75) is 25.0 Å². The molecule has 82 valence electrons. The van der Waals surface area contributed by atoms with Crippen LogP contribution in [0.5, 0.6) is 0 Å². The van der Waals surface area contributed by atoms with Crippen LogP contribution >= 0.6 is 23.2 Å². The molecule has 1 saturated heterocycles. The molecule has 1 N–H and O–H groups in total. The van der Waals surface area contributed by atoms with E-state index < -0.39 is 0 Å². The molecule has 0 aromatic heterocycles. The van der Waals surface area contributed by atoms with Crippen molar-refractivity contribution in [2.24, 2.45) is 0 Å². The third-order valence-electron chi connectivity index (χ3n) is 2.56. The predicted octanol–water partition coefficient (Wildman–Crippen LogP) is 3.21. The third kappa shape index (κ3) is 2.64. The van der Waals surface area contributed by atoms with Crippen LogP contribution in [0.2, 0.25) is 10.0 Å². The Hall–Kier alpha value is -0.280. The summed E-state index contributed by atoms with van der Waals surface area (Å²) in [6, 6.07) is 5.29. The number of ether oxygens (including phenoxy) is 1. The van der Waals surface area contributed by atoms with Gasteiger partial charge in [-0.05, 0) is 24.6 Å². The molecule has 0 aliphatic carbocycles. The standard InChI is InChI=1S/C11H12Cl2O2/c12-7-1-2-10(13)9(5-7)11-6-8(14)3-4-15-11/h1-2,5,8,11,14H,3-4,6H2. The van der Waals surface area contributed by atoms with Crippen molar-refractivity contribution in [3.63, 3.8) is 0 Å². The lowest BCUT2D eigenvalue weighted by molar-refractivity contribution is -0.0447. The molecule has 2 atom stereocenters. The molecule has 1 aromatic rings. The highest BCUT2D eigenvalue weighted by molar-refractivity contribution is 6.33. The molecule has 1 aliphatic rings. The maximum absolute atomic E-state index is 9.55. The molecule has 2 unspecified atom stereocenters. The lowest BCUT2D eigenvalue weighted by Gasteiger charge is -2.27. The molecule has 0 saturated carbocycles. The summed E-state index contributed by atoms with van der Waals surface area (Å²) in [5.74, 6) is 0. The van der Waals surface area contributed by atoms with E-state index in [1.807, 2.05) is 0 Å². The van der Waals surface area contributed by atoms with Crippen LogP contribution in [-0.4, -0.2) is 17.8 Å². The molecule has 0 radical (unpaired) electrons. The van der Waals surface area contributed by atoms with Gasteiger partial charge in [0.15, 0.2) is 0 Å². The molecule has 0 spiro atoms. The minimum Gasteiger partial charge on any atom is -0.393 e. The Bertz CT molecular complexity index is 354. The highest BCUT2D eigenvalue weighted by Gasteiger charge is 2.24.